The summed E-state index contributed by atoms with van der Waals surface area (Å²) < 4.78 is 18.4. The topological polar surface area (TPSA) is 41.6 Å². The summed E-state index contributed by atoms with van der Waals surface area (Å²) in [5.41, 5.74) is 2.46. The second-order valence-electron chi connectivity index (χ2n) is 7.42. The van der Waals surface area contributed by atoms with Gasteiger partial charge in [-0.25, -0.2) is 4.39 Å². The van der Waals surface area contributed by atoms with E-state index in [1.807, 2.05) is 0 Å². The predicted molar refractivity (Wildman–Crippen MR) is 109 cm³/mol. The number of halogens is 1. The van der Waals surface area contributed by atoms with E-state index in [-0.39, 0.29) is 24.4 Å². The first-order valence-electron chi connectivity index (χ1n) is 10.1. The van der Waals surface area contributed by atoms with Gasteiger partial charge in [0, 0.05) is 6.54 Å². The number of rotatable bonds is 7. The summed E-state index contributed by atoms with van der Waals surface area (Å²) >= 11 is 0. The van der Waals surface area contributed by atoms with Crippen LogP contribution in [0.25, 0.3) is 0 Å². The van der Waals surface area contributed by atoms with Crippen LogP contribution in [-0.2, 0) is 4.79 Å². The van der Waals surface area contributed by atoms with Gasteiger partial charge in [-0.1, -0.05) is 42.7 Å². The molecule has 150 valence electrons. The van der Waals surface area contributed by atoms with Crippen molar-refractivity contribution in [2.75, 3.05) is 26.2 Å². The fraction of sp³-hybridized carbons (Fsp3) is 0.435. The molecule has 0 aliphatic carbocycles. The predicted octanol–water partition coefficient (Wildman–Crippen LogP) is 4.25. The SMILES string of the molecule is Cc1ccc(C(CNC(=O)COc2ccc(F)cc2)N2CCCCCC2)cc1. The largest absolute Gasteiger partial charge is 0.484 e. The number of ether oxygens (including phenoxy) is 1. The summed E-state index contributed by atoms with van der Waals surface area (Å²) in [4.78, 5) is 14.8. The van der Waals surface area contributed by atoms with Crippen LogP contribution in [0.1, 0.15) is 42.9 Å². The van der Waals surface area contributed by atoms with Crippen molar-refractivity contribution in [3.63, 3.8) is 0 Å². The minimum atomic E-state index is -0.324. The number of carbonyl (C=O) groups excluding carboxylic acids is 1. The van der Waals surface area contributed by atoms with E-state index in [4.69, 9.17) is 4.74 Å². The molecule has 1 heterocycles. The minimum Gasteiger partial charge on any atom is -0.484 e. The zero-order chi connectivity index (χ0) is 19.8. The number of nitrogens with one attached hydrogen (secondary N) is 1. The maximum absolute atomic E-state index is 12.9. The number of amides is 1. The monoisotopic (exact) mass is 384 g/mol. The fourth-order valence-electron chi connectivity index (χ4n) is 3.59. The first-order chi connectivity index (χ1) is 13.6. The summed E-state index contributed by atoms with van der Waals surface area (Å²) in [6, 6.07) is 14.4. The molecule has 2 aromatic carbocycles. The normalized spacial score (nSPS) is 16.2. The first kappa shape index (κ1) is 20.3. The molecule has 1 unspecified atom stereocenters. The number of aryl methyl sites for hydroxylation is 1. The maximum atomic E-state index is 12.9. The van der Waals surface area contributed by atoms with Gasteiger partial charge in [0.15, 0.2) is 6.61 Å². The third kappa shape index (κ3) is 6.06. The van der Waals surface area contributed by atoms with E-state index < -0.39 is 0 Å². The lowest BCUT2D eigenvalue weighted by Crippen LogP contribution is -2.40. The van der Waals surface area contributed by atoms with Crippen molar-refractivity contribution in [2.24, 2.45) is 0 Å². The Bertz CT molecular complexity index is 738. The molecule has 5 heteroatoms. The Morgan fingerprint density at radius 2 is 1.68 bits per heavy atom. The molecule has 3 rings (SSSR count). The molecule has 0 saturated carbocycles. The highest BCUT2D eigenvalue weighted by molar-refractivity contribution is 5.77. The van der Waals surface area contributed by atoms with E-state index in [9.17, 15) is 9.18 Å². The average Bonchev–Trinajstić information content (AvgIpc) is 2.98. The molecule has 0 bridgehead atoms. The van der Waals surface area contributed by atoms with Gasteiger partial charge in [-0.2, -0.15) is 0 Å². The summed E-state index contributed by atoms with van der Waals surface area (Å²) in [6.45, 7) is 4.67. The average molecular weight is 384 g/mol. The van der Waals surface area contributed by atoms with Gasteiger partial charge in [0.2, 0.25) is 0 Å². The van der Waals surface area contributed by atoms with Gasteiger partial charge < -0.3 is 10.1 Å². The van der Waals surface area contributed by atoms with E-state index >= 15 is 0 Å². The van der Waals surface area contributed by atoms with E-state index in [1.54, 1.807) is 0 Å². The Kier molecular flexibility index (Phi) is 7.43. The number of nitrogens with zero attached hydrogens (tertiary/aromatic N) is 1. The van der Waals surface area contributed by atoms with Crippen molar-refractivity contribution in [1.82, 2.24) is 10.2 Å². The van der Waals surface area contributed by atoms with Crippen LogP contribution in [0.2, 0.25) is 0 Å². The highest BCUT2D eigenvalue weighted by atomic mass is 19.1. The molecular weight excluding hydrogens is 355 g/mol. The standard InChI is InChI=1S/C23H29FN2O2/c1-18-6-8-19(9-7-18)22(26-14-4-2-3-5-15-26)16-25-23(27)17-28-21-12-10-20(24)11-13-21/h6-13,22H,2-5,14-17H2,1H3,(H,25,27). The Morgan fingerprint density at radius 1 is 1.04 bits per heavy atom. The number of benzene rings is 2. The van der Waals surface area contributed by atoms with E-state index in [0.29, 0.717) is 12.3 Å². The van der Waals surface area contributed by atoms with Crippen LogP contribution in [-0.4, -0.2) is 37.0 Å². The summed E-state index contributed by atoms with van der Waals surface area (Å²) in [5.74, 6) is -0.00870. The van der Waals surface area contributed by atoms with E-state index in [0.717, 1.165) is 13.1 Å². The minimum absolute atomic E-state index is 0.0771. The molecule has 1 atom stereocenters. The molecule has 2 aromatic rings. The number of likely N-dealkylation sites (tertiary alicyclic amines) is 1. The Labute approximate surface area is 166 Å². The van der Waals surface area contributed by atoms with Crippen molar-refractivity contribution in [1.29, 1.82) is 0 Å². The highest BCUT2D eigenvalue weighted by Crippen LogP contribution is 2.24. The van der Waals surface area contributed by atoms with Crippen molar-refractivity contribution >= 4 is 5.91 Å². The van der Waals surface area contributed by atoms with Gasteiger partial charge >= 0.3 is 0 Å². The Morgan fingerprint density at radius 3 is 2.32 bits per heavy atom. The maximum Gasteiger partial charge on any atom is 0.258 e. The lowest BCUT2D eigenvalue weighted by molar-refractivity contribution is -0.123. The van der Waals surface area contributed by atoms with Crippen LogP contribution in [0, 0.1) is 12.7 Å². The van der Waals surface area contributed by atoms with Crippen LogP contribution < -0.4 is 10.1 Å². The molecule has 28 heavy (non-hydrogen) atoms. The first-order valence-corrected chi connectivity index (χ1v) is 10.1. The van der Waals surface area contributed by atoms with Gasteiger partial charge in [-0.15, -0.1) is 0 Å². The summed E-state index contributed by atoms with van der Waals surface area (Å²) in [5, 5.41) is 3.02. The molecule has 1 amide bonds. The highest BCUT2D eigenvalue weighted by Gasteiger charge is 2.22. The van der Waals surface area contributed by atoms with Crippen molar-refractivity contribution < 1.29 is 13.9 Å². The van der Waals surface area contributed by atoms with Crippen molar-refractivity contribution in [3.8, 4) is 5.75 Å². The van der Waals surface area contributed by atoms with Gasteiger partial charge in [0.05, 0.1) is 6.04 Å². The van der Waals surface area contributed by atoms with Gasteiger partial charge in [-0.05, 0) is 62.7 Å². The van der Waals surface area contributed by atoms with Crippen molar-refractivity contribution in [2.45, 2.75) is 38.6 Å². The van der Waals surface area contributed by atoms with Crippen LogP contribution in [0.3, 0.4) is 0 Å². The van der Waals surface area contributed by atoms with Crippen molar-refractivity contribution in [3.05, 3.63) is 65.5 Å². The summed E-state index contributed by atoms with van der Waals surface area (Å²) in [7, 11) is 0. The molecule has 0 aromatic heterocycles. The fourth-order valence-corrected chi connectivity index (χ4v) is 3.59. The molecular formula is C23H29FN2O2. The molecule has 0 radical (unpaired) electrons. The zero-order valence-electron chi connectivity index (χ0n) is 16.5. The summed E-state index contributed by atoms with van der Waals surface area (Å²) in [6.07, 6.45) is 4.94. The molecule has 1 aliphatic rings. The number of hydrogen-bond acceptors (Lipinski definition) is 3. The second kappa shape index (κ2) is 10.2. The van der Waals surface area contributed by atoms with Crippen LogP contribution in [0.5, 0.6) is 5.75 Å². The third-order valence-corrected chi connectivity index (χ3v) is 5.22. The van der Waals surface area contributed by atoms with E-state index in [2.05, 4.69) is 41.4 Å². The molecule has 1 N–H and O–H groups in total. The van der Waals surface area contributed by atoms with Crippen LogP contribution in [0.15, 0.2) is 48.5 Å². The lowest BCUT2D eigenvalue weighted by Gasteiger charge is -2.31. The van der Waals surface area contributed by atoms with Crippen LogP contribution >= 0.6 is 0 Å². The smallest absolute Gasteiger partial charge is 0.258 e. The Balaban J connectivity index is 1.59. The number of carbonyl (C=O) groups is 1. The second-order valence-corrected chi connectivity index (χ2v) is 7.42. The van der Waals surface area contributed by atoms with Gasteiger partial charge in [0.1, 0.15) is 11.6 Å². The van der Waals surface area contributed by atoms with E-state index in [1.165, 1.54) is 61.1 Å². The molecule has 4 nitrogen and oxygen atoms in total. The number of hydrogen-bond donors (Lipinski definition) is 1. The van der Waals surface area contributed by atoms with Gasteiger partial charge in [0.25, 0.3) is 5.91 Å². The Hall–Kier alpha value is -2.40. The molecule has 1 aliphatic heterocycles. The van der Waals surface area contributed by atoms with Crippen LogP contribution in [0.4, 0.5) is 4.39 Å². The molecule has 0 spiro atoms. The lowest BCUT2D eigenvalue weighted by atomic mass is 10.0. The third-order valence-electron chi connectivity index (χ3n) is 5.22. The molecule has 1 saturated heterocycles. The zero-order valence-corrected chi connectivity index (χ0v) is 16.5. The van der Waals surface area contributed by atoms with Gasteiger partial charge in [-0.3, -0.25) is 9.69 Å². The quantitative estimate of drug-likeness (QED) is 0.776. The molecule has 1 fully saturated rings.